The average molecular weight is 379 g/mol. The largest absolute Gasteiger partial charge is 0.359 e. The first kappa shape index (κ1) is 18.1. The minimum Gasteiger partial charge on any atom is -0.359 e. The summed E-state index contributed by atoms with van der Waals surface area (Å²) in [5, 5.41) is 4.04. The second-order valence-corrected chi connectivity index (χ2v) is 7.20. The quantitative estimate of drug-likeness (QED) is 0.857. The molecule has 0 saturated carbocycles. The molecule has 1 amide bonds. The number of amides is 1. The first-order valence-corrected chi connectivity index (χ1v) is 9.18. The van der Waals surface area contributed by atoms with E-state index in [1.165, 1.54) is 4.90 Å². The fraction of sp³-hybridized carbons (Fsp3) is 0.316. The number of likely N-dealkylation sites (N-methyl/N-ethyl adjacent to an activating group) is 1. The lowest BCUT2D eigenvalue weighted by atomic mass is 10.1. The molecule has 1 aliphatic rings. The number of piperazine rings is 1. The Morgan fingerprint density at radius 3 is 2.40 bits per heavy atom. The molecule has 0 aromatic heterocycles. The van der Waals surface area contributed by atoms with Crippen LogP contribution in [0.2, 0.25) is 10.0 Å². The van der Waals surface area contributed by atoms with Crippen molar-refractivity contribution in [1.29, 1.82) is 0 Å². The Bertz CT molecular complexity index is 738. The molecule has 2 aromatic rings. The molecule has 1 saturated heterocycles. The van der Waals surface area contributed by atoms with Gasteiger partial charge in [-0.3, -0.25) is 4.79 Å². The van der Waals surface area contributed by atoms with E-state index < -0.39 is 0 Å². The third-order valence-corrected chi connectivity index (χ3v) is 5.24. The number of carbonyl (C=O) groups excluding carboxylic acids is 1. The Balaban J connectivity index is 1.73. The number of nitrogens with zero attached hydrogens (tertiary/aromatic N) is 1. The van der Waals surface area contributed by atoms with Crippen LogP contribution in [0, 0.1) is 0 Å². The molecule has 1 heterocycles. The monoisotopic (exact) mass is 378 g/mol. The summed E-state index contributed by atoms with van der Waals surface area (Å²) in [5.74, 6) is -0.123. The van der Waals surface area contributed by atoms with E-state index in [0.29, 0.717) is 15.6 Å². The van der Waals surface area contributed by atoms with E-state index in [-0.39, 0.29) is 12.3 Å². The van der Waals surface area contributed by atoms with Crippen LogP contribution < -0.4 is 15.1 Å². The Labute approximate surface area is 158 Å². The highest BCUT2D eigenvalue weighted by molar-refractivity contribution is 6.36. The molecular formula is C19H22Cl2N3O+. The fourth-order valence-electron chi connectivity index (χ4n) is 3.04. The molecule has 2 N–H and O–H groups in total. The van der Waals surface area contributed by atoms with Crippen LogP contribution in [0.3, 0.4) is 0 Å². The summed E-state index contributed by atoms with van der Waals surface area (Å²) in [6.45, 7) is 4.15. The highest BCUT2D eigenvalue weighted by atomic mass is 35.5. The van der Waals surface area contributed by atoms with Crippen LogP contribution in [0.1, 0.15) is 5.56 Å². The number of quaternary nitrogens is 1. The van der Waals surface area contributed by atoms with Gasteiger partial charge >= 0.3 is 0 Å². The van der Waals surface area contributed by atoms with Crippen molar-refractivity contribution in [2.45, 2.75) is 6.42 Å². The number of carbonyl (C=O) groups is 1. The number of nitrogens with one attached hydrogen (secondary N) is 2. The van der Waals surface area contributed by atoms with Crippen molar-refractivity contribution in [1.82, 2.24) is 0 Å². The van der Waals surface area contributed by atoms with Gasteiger partial charge < -0.3 is 15.1 Å². The number of anilines is 2. The number of benzene rings is 2. The molecule has 0 atom stereocenters. The van der Waals surface area contributed by atoms with Gasteiger partial charge in [-0.05, 0) is 29.8 Å². The SMILES string of the molecule is C[NH+]1CCN(c2ccccc2NC(=O)Cc2c(Cl)cccc2Cl)CC1. The average Bonchev–Trinajstić information content (AvgIpc) is 2.60. The summed E-state index contributed by atoms with van der Waals surface area (Å²) in [5.41, 5.74) is 2.55. The van der Waals surface area contributed by atoms with Crippen molar-refractivity contribution < 1.29 is 9.69 Å². The maximum absolute atomic E-state index is 12.5. The van der Waals surface area contributed by atoms with Gasteiger partial charge in [-0.15, -0.1) is 0 Å². The second-order valence-electron chi connectivity index (χ2n) is 6.39. The number of para-hydroxylation sites is 2. The van der Waals surface area contributed by atoms with Crippen LogP contribution >= 0.6 is 23.2 Å². The van der Waals surface area contributed by atoms with Gasteiger partial charge in [-0.2, -0.15) is 0 Å². The number of rotatable bonds is 4. The van der Waals surface area contributed by atoms with Crippen LogP contribution in [0.25, 0.3) is 0 Å². The first-order valence-electron chi connectivity index (χ1n) is 8.42. The molecular weight excluding hydrogens is 357 g/mol. The third kappa shape index (κ3) is 4.46. The van der Waals surface area contributed by atoms with Gasteiger partial charge in [-0.25, -0.2) is 0 Å². The van der Waals surface area contributed by atoms with Crippen molar-refractivity contribution in [2.24, 2.45) is 0 Å². The molecule has 4 nitrogen and oxygen atoms in total. The van der Waals surface area contributed by atoms with Crippen molar-refractivity contribution in [3.8, 4) is 0 Å². The van der Waals surface area contributed by atoms with Crippen molar-refractivity contribution >= 4 is 40.5 Å². The van der Waals surface area contributed by atoms with Crippen LogP contribution in [-0.4, -0.2) is 39.1 Å². The normalized spacial score (nSPS) is 15.2. The number of hydrogen-bond acceptors (Lipinski definition) is 2. The van der Waals surface area contributed by atoms with Crippen molar-refractivity contribution in [2.75, 3.05) is 43.4 Å². The first-order chi connectivity index (χ1) is 12.0. The summed E-state index contributed by atoms with van der Waals surface area (Å²) in [6.07, 6.45) is 0.153. The standard InChI is InChI=1S/C19H21Cl2N3O/c1-23-9-11-24(12-10-23)18-8-3-2-7-17(18)22-19(25)13-14-15(20)5-4-6-16(14)21/h2-8H,9-13H2,1H3,(H,22,25)/p+1. The summed E-state index contributed by atoms with van der Waals surface area (Å²) in [4.78, 5) is 16.4. The van der Waals surface area contributed by atoms with Crippen molar-refractivity contribution in [3.05, 3.63) is 58.1 Å². The van der Waals surface area contributed by atoms with E-state index in [9.17, 15) is 4.79 Å². The molecule has 1 fully saturated rings. The molecule has 0 spiro atoms. The van der Waals surface area contributed by atoms with Crippen LogP contribution in [0.5, 0.6) is 0 Å². The molecule has 132 valence electrons. The summed E-state index contributed by atoms with van der Waals surface area (Å²) >= 11 is 12.3. The third-order valence-electron chi connectivity index (χ3n) is 4.53. The van der Waals surface area contributed by atoms with E-state index in [0.717, 1.165) is 37.6 Å². The molecule has 6 heteroatoms. The van der Waals surface area contributed by atoms with Gasteiger partial charge in [0.15, 0.2) is 0 Å². The van der Waals surface area contributed by atoms with Crippen LogP contribution in [0.15, 0.2) is 42.5 Å². The predicted octanol–water partition coefficient (Wildman–Crippen LogP) is 2.51. The Morgan fingerprint density at radius 2 is 1.72 bits per heavy atom. The molecule has 0 radical (unpaired) electrons. The maximum Gasteiger partial charge on any atom is 0.228 e. The number of halogens is 2. The van der Waals surface area contributed by atoms with E-state index in [1.54, 1.807) is 18.2 Å². The van der Waals surface area contributed by atoms with E-state index in [1.807, 2.05) is 18.2 Å². The second kappa shape index (κ2) is 8.09. The smallest absolute Gasteiger partial charge is 0.228 e. The minimum atomic E-state index is -0.123. The maximum atomic E-state index is 12.5. The Morgan fingerprint density at radius 1 is 1.08 bits per heavy atom. The lowest BCUT2D eigenvalue weighted by molar-refractivity contribution is -0.880. The summed E-state index contributed by atoms with van der Waals surface area (Å²) in [7, 11) is 2.21. The molecule has 3 rings (SSSR count). The Kier molecular flexibility index (Phi) is 5.84. The molecule has 0 bridgehead atoms. The van der Waals surface area contributed by atoms with Gasteiger partial charge in [0.1, 0.15) is 0 Å². The van der Waals surface area contributed by atoms with Gasteiger partial charge in [-0.1, -0.05) is 41.4 Å². The Hall–Kier alpha value is -1.75. The van der Waals surface area contributed by atoms with Crippen LogP contribution in [0.4, 0.5) is 11.4 Å². The van der Waals surface area contributed by atoms with Gasteiger partial charge in [0, 0.05) is 10.0 Å². The van der Waals surface area contributed by atoms with Crippen molar-refractivity contribution in [3.63, 3.8) is 0 Å². The molecule has 25 heavy (non-hydrogen) atoms. The zero-order valence-electron chi connectivity index (χ0n) is 14.2. The lowest BCUT2D eigenvalue weighted by Gasteiger charge is -2.33. The van der Waals surface area contributed by atoms with Crippen LogP contribution in [-0.2, 0) is 11.2 Å². The zero-order valence-corrected chi connectivity index (χ0v) is 15.7. The lowest BCUT2D eigenvalue weighted by Crippen LogP contribution is -3.12. The van der Waals surface area contributed by atoms with E-state index in [4.69, 9.17) is 23.2 Å². The summed E-state index contributed by atoms with van der Waals surface area (Å²) in [6, 6.07) is 13.2. The molecule has 2 aromatic carbocycles. The predicted molar refractivity (Wildman–Crippen MR) is 104 cm³/mol. The van der Waals surface area contributed by atoms with E-state index >= 15 is 0 Å². The highest BCUT2D eigenvalue weighted by Crippen LogP contribution is 2.28. The van der Waals surface area contributed by atoms with Gasteiger partial charge in [0.25, 0.3) is 0 Å². The number of hydrogen-bond donors (Lipinski definition) is 2. The molecule has 0 unspecified atom stereocenters. The minimum absolute atomic E-state index is 0.123. The van der Waals surface area contributed by atoms with Gasteiger partial charge in [0.2, 0.25) is 5.91 Å². The molecule has 0 aliphatic carbocycles. The molecule has 1 aliphatic heterocycles. The zero-order chi connectivity index (χ0) is 17.8. The fourth-order valence-corrected chi connectivity index (χ4v) is 3.57. The van der Waals surface area contributed by atoms with E-state index in [2.05, 4.69) is 23.3 Å². The summed E-state index contributed by atoms with van der Waals surface area (Å²) < 4.78 is 0. The highest BCUT2D eigenvalue weighted by Gasteiger charge is 2.20. The topological polar surface area (TPSA) is 36.8 Å². The van der Waals surface area contributed by atoms with Gasteiger partial charge in [0.05, 0.1) is 51.0 Å².